The van der Waals surface area contributed by atoms with E-state index in [9.17, 15) is 0 Å². The molecule has 2 N–H and O–H groups in total. The van der Waals surface area contributed by atoms with Gasteiger partial charge < -0.3 is 5.73 Å². The number of aliphatic imine (C=N–C) groups is 1. The molecule has 0 radical (unpaired) electrons. The van der Waals surface area contributed by atoms with Crippen LogP contribution in [-0.2, 0) is 0 Å². The zero-order valence-electron chi connectivity index (χ0n) is 9.28. The summed E-state index contributed by atoms with van der Waals surface area (Å²) in [6.45, 7) is 3.08. The average molecular weight is 225 g/mol. The molecular formula is C11H19N3S. The fraction of sp³-hybridized carbons (Fsp3) is 0.727. The molecule has 84 valence electrons. The van der Waals surface area contributed by atoms with E-state index in [0.29, 0.717) is 5.41 Å². The lowest BCUT2D eigenvalue weighted by atomic mass is 9.87. The van der Waals surface area contributed by atoms with Crippen LogP contribution in [-0.4, -0.2) is 48.8 Å². The van der Waals surface area contributed by atoms with Crippen molar-refractivity contribution in [3.05, 3.63) is 12.3 Å². The molecule has 0 aromatic rings. The van der Waals surface area contributed by atoms with Crippen molar-refractivity contribution in [2.75, 3.05) is 38.2 Å². The Balaban J connectivity index is 2.12. The first-order valence-corrected chi connectivity index (χ1v) is 6.57. The minimum absolute atomic E-state index is 0.434. The van der Waals surface area contributed by atoms with Gasteiger partial charge in [-0.25, -0.2) is 0 Å². The van der Waals surface area contributed by atoms with Gasteiger partial charge in [-0.3, -0.25) is 9.89 Å². The summed E-state index contributed by atoms with van der Waals surface area (Å²) >= 11 is 2.07. The summed E-state index contributed by atoms with van der Waals surface area (Å²) in [7, 11) is 2.18. The van der Waals surface area contributed by atoms with E-state index in [1.54, 1.807) is 6.20 Å². The van der Waals surface area contributed by atoms with Crippen LogP contribution >= 0.6 is 11.8 Å². The topological polar surface area (TPSA) is 41.6 Å². The molecule has 0 bridgehead atoms. The van der Waals surface area contributed by atoms with Crippen LogP contribution in [0.25, 0.3) is 0 Å². The molecule has 1 unspecified atom stereocenters. The van der Waals surface area contributed by atoms with Crippen molar-refractivity contribution in [1.29, 1.82) is 0 Å². The highest BCUT2D eigenvalue weighted by atomic mass is 32.2. The Morgan fingerprint density at radius 1 is 1.60 bits per heavy atom. The lowest BCUT2D eigenvalue weighted by molar-refractivity contribution is 0.231. The summed E-state index contributed by atoms with van der Waals surface area (Å²) < 4.78 is 0. The summed E-state index contributed by atoms with van der Waals surface area (Å²) in [5, 5.41) is 0. The van der Waals surface area contributed by atoms with Gasteiger partial charge in [0.15, 0.2) is 0 Å². The largest absolute Gasteiger partial charge is 0.405 e. The Hall–Kier alpha value is -0.480. The van der Waals surface area contributed by atoms with Crippen molar-refractivity contribution >= 4 is 17.5 Å². The Bertz CT molecular complexity index is 280. The van der Waals surface area contributed by atoms with Gasteiger partial charge in [-0.2, -0.15) is 11.8 Å². The smallest absolute Gasteiger partial charge is 0.0503 e. The third-order valence-corrected chi connectivity index (χ3v) is 4.44. The van der Waals surface area contributed by atoms with Gasteiger partial charge in [-0.05, 0) is 31.5 Å². The summed E-state index contributed by atoms with van der Waals surface area (Å²) in [5.74, 6) is 2.56. The summed E-state index contributed by atoms with van der Waals surface area (Å²) in [4.78, 5) is 7.07. The lowest BCUT2D eigenvalue weighted by Crippen LogP contribution is -2.37. The number of hydrogen-bond donors (Lipinski definition) is 1. The van der Waals surface area contributed by atoms with Gasteiger partial charge in [0.1, 0.15) is 0 Å². The van der Waals surface area contributed by atoms with E-state index in [2.05, 4.69) is 23.7 Å². The van der Waals surface area contributed by atoms with Crippen LogP contribution in [0.2, 0.25) is 0 Å². The van der Waals surface area contributed by atoms with E-state index in [-0.39, 0.29) is 0 Å². The van der Waals surface area contributed by atoms with E-state index in [0.717, 1.165) is 18.8 Å². The van der Waals surface area contributed by atoms with Crippen molar-refractivity contribution < 1.29 is 0 Å². The van der Waals surface area contributed by atoms with Crippen LogP contribution < -0.4 is 5.73 Å². The monoisotopic (exact) mass is 225 g/mol. The zero-order chi connectivity index (χ0) is 10.7. The van der Waals surface area contributed by atoms with Gasteiger partial charge in [0, 0.05) is 30.8 Å². The van der Waals surface area contributed by atoms with E-state index in [1.807, 2.05) is 6.08 Å². The molecule has 2 heterocycles. The third-order valence-electron chi connectivity index (χ3n) is 3.13. The Kier molecular flexibility index (Phi) is 3.36. The molecule has 1 spiro atoms. The standard InChI is InChI=1S/C11H19N3S/c1-14-6-10(2-4-12)13-7-11(8-14)3-5-15-9-11/h2,4H,3,5-9,12H2,1H3/b4-2-. The SMILES string of the molecule is CN1CC(/C=C\N)=NCC2(CCSC2)C1. The highest BCUT2D eigenvalue weighted by Crippen LogP contribution is 2.37. The zero-order valence-corrected chi connectivity index (χ0v) is 10.1. The number of hydrogen-bond acceptors (Lipinski definition) is 4. The molecule has 0 saturated carbocycles. The summed E-state index contributed by atoms with van der Waals surface area (Å²) in [6.07, 6.45) is 4.83. The number of nitrogens with two attached hydrogens (primary N) is 1. The van der Waals surface area contributed by atoms with E-state index >= 15 is 0 Å². The van der Waals surface area contributed by atoms with Gasteiger partial charge in [-0.15, -0.1) is 0 Å². The molecule has 3 nitrogen and oxygen atoms in total. The van der Waals surface area contributed by atoms with Crippen LogP contribution in [0.3, 0.4) is 0 Å². The van der Waals surface area contributed by atoms with Crippen molar-refractivity contribution in [2.24, 2.45) is 16.1 Å². The minimum atomic E-state index is 0.434. The maximum Gasteiger partial charge on any atom is 0.0503 e. The highest BCUT2D eigenvalue weighted by Gasteiger charge is 2.36. The van der Waals surface area contributed by atoms with Gasteiger partial charge in [0.2, 0.25) is 0 Å². The predicted molar refractivity (Wildman–Crippen MR) is 67.5 cm³/mol. The Labute approximate surface area is 95.8 Å². The lowest BCUT2D eigenvalue weighted by Gasteiger charge is -2.28. The molecule has 2 rings (SSSR count). The van der Waals surface area contributed by atoms with Crippen molar-refractivity contribution in [3.8, 4) is 0 Å². The fourth-order valence-corrected chi connectivity index (χ4v) is 3.87. The highest BCUT2D eigenvalue weighted by molar-refractivity contribution is 7.99. The second-order valence-corrected chi connectivity index (χ2v) is 5.75. The van der Waals surface area contributed by atoms with Crippen molar-refractivity contribution in [3.63, 3.8) is 0 Å². The second-order valence-electron chi connectivity index (χ2n) is 4.64. The van der Waals surface area contributed by atoms with Crippen molar-refractivity contribution in [1.82, 2.24) is 4.90 Å². The second kappa shape index (κ2) is 4.58. The normalized spacial score (nSPS) is 33.5. The molecule has 4 heteroatoms. The first kappa shape index (κ1) is 11.0. The molecule has 1 atom stereocenters. The molecule has 0 aliphatic carbocycles. The molecule has 0 aromatic heterocycles. The molecule has 2 aliphatic heterocycles. The van der Waals surface area contributed by atoms with Crippen LogP contribution in [0.5, 0.6) is 0 Å². The molecule has 1 fully saturated rings. The maximum atomic E-state index is 5.42. The minimum Gasteiger partial charge on any atom is -0.405 e. The molecule has 15 heavy (non-hydrogen) atoms. The fourth-order valence-electron chi connectivity index (χ4n) is 2.39. The number of thioether (sulfide) groups is 1. The third kappa shape index (κ3) is 2.55. The first-order valence-electron chi connectivity index (χ1n) is 5.42. The Morgan fingerprint density at radius 3 is 3.13 bits per heavy atom. The summed E-state index contributed by atoms with van der Waals surface area (Å²) in [5.41, 5.74) is 6.97. The van der Waals surface area contributed by atoms with Crippen LogP contribution in [0.4, 0.5) is 0 Å². The quantitative estimate of drug-likeness (QED) is 0.723. The van der Waals surface area contributed by atoms with Crippen LogP contribution in [0, 0.1) is 5.41 Å². The van der Waals surface area contributed by atoms with Crippen LogP contribution in [0.1, 0.15) is 6.42 Å². The number of nitrogens with zero attached hydrogens (tertiary/aromatic N) is 2. The van der Waals surface area contributed by atoms with Gasteiger partial charge in [-0.1, -0.05) is 0 Å². The maximum absolute atomic E-state index is 5.42. The van der Waals surface area contributed by atoms with Gasteiger partial charge in [0.05, 0.1) is 5.71 Å². The average Bonchev–Trinajstić information content (AvgIpc) is 2.57. The van der Waals surface area contributed by atoms with E-state index < -0.39 is 0 Å². The molecule has 0 amide bonds. The van der Waals surface area contributed by atoms with Crippen LogP contribution in [0.15, 0.2) is 17.3 Å². The van der Waals surface area contributed by atoms with Crippen molar-refractivity contribution in [2.45, 2.75) is 6.42 Å². The molecule has 2 aliphatic rings. The van der Waals surface area contributed by atoms with Gasteiger partial charge in [0.25, 0.3) is 0 Å². The first-order chi connectivity index (χ1) is 7.24. The predicted octanol–water partition coefficient (Wildman–Crippen LogP) is 0.969. The number of rotatable bonds is 1. The molecule has 0 aromatic carbocycles. The molecule has 1 saturated heterocycles. The van der Waals surface area contributed by atoms with E-state index in [4.69, 9.17) is 10.7 Å². The Morgan fingerprint density at radius 2 is 2.47 bits per heavy atom. The van der Waals surface area contributed by atoms with E-state index in [1.165, 1.54) is 24.5 Å². The molecular weight excluding hydrogens is 206 g/mol. The summed E-state index contributed by atoms with van der Waals surface area (Å²) in [6, 6.07) is 0. The van der Waals surface area contributed by atoms with Gasteiger partial charge >= 0.3 is 0 Å².